The fourth-order valence-electron chi connectivity index (χ4n) is 2.23. The van der Waals surface area contributed by atoms with E-state index in [1.165, 1.54) is 12.4 Å². The number of carbonyl (C=O) groups is 2. The van der Waals surface area contributed by atoms with Crippen molar-refractivity contribution in [2.75, 3.05) is 39.4 Å². The van der Waals surface area contributed by atoms with Crippen molar-refractivity contribution in [1.82, 2.24) is 14.9 Å². The number of fused-ring (bicyclic) bond motifs is 1. The second kappa shape index (κ2) is 7.83. The summed E-state index contributed by atoms with van der Waals surface area (Å²) in [4.78, 5) is 38.0. The van der Waals surface area contributed by atoms with Gasteiger partial charge < -0.3 is 10.2 Å². The number of rotatable bonds is 7. The van der Waals surface area contributed by atoms with Gasteiger partial charge in [0, 0.05) is 32.0 Å². The molecular weight excluding hydrogens is 288 g/mol. The molecule has 0 radical (unpaired) electrons. The second-order valence-electron chi connectivity index (χ2n) is 4.80. The Labute approximate surface area is 127 Å². The molecule has 22 heavy (non-hydrogen) atoms. The molecule has 0 unspecified atom stereocenters. The van der Waals surface area contributed by atoms with E-state index in [0.717, 1.165) is 0 Å². The molecule has 0 bridgehead atoms. The summed E-state index contributed by atoms with van der Waals surface area (Å²) in [6.07, 6.45) is 2.69. The van der Waals surface area contributed by atoms with Gasteiger partial charge in [0.1, 0.15) is 11.4 Å². The van der Waals surface area contributed by atoms with E-state index in [4.69, 9.17) is 10.2 Å². The van der Waals surface area contributed by atoms with Gasteiger partial charge >= 0.3 is 0 Å². The molecule has 0 saturated heterocycles. The number of nitrogens with zero attached hydrogens (tertiary/aromatic N) is 4. The maximum absolute atomic E-state index is 12.2. The lowest BCUT2D eigenvalue weighted by Gasteiger charge is -2.19. The fraction of sp³-hybridized carbons (Fsp3) is 0.500. The Hall–Kier alpha value is -2.03. The first kappa shape index (κ1) is 16.3. The largest absolute Gasteiger partial charge is 0.395 e. The lowest BCUT2D eigenvalue weighted by Crippen LogP contribution is -2.33. The Morgan fingerprint density at radius 3 is 2.32 bits per heavy atom. The Balaban J connectivity index is 2.04. The number of aliphatic imine (C=N–C) groups is 1. The smallest absolute Gasteiger partial charge is 0.227 e. The number of hydrogen-bond donors (Lipinski definition) is 2. The number of carbonyl (C=O) groups excluding carboxylic acids is 2. The van der Waals surface area contributed by atoms with E-state index in [2.05, 4.69) is 15.0 Å². The highest BCUT2D eigenvalue weighted by Gasteiger charge is 2.31. The predicted octanol–water partition coefficient (Wildman–Crippen LogP) is -1.03. The molecule has 1 aromatic heterocycles. The Morgan fingerprint density at radius 2 is 1.68 bits per heavy atom. The lowest BCUT2D eigenvalue weighted by molar-refractivity contribution is 0.0957. The molecule has 0 aliphatic heterocycles. The summed E-state index contributed by atoms with van der Waals surface area (Å²) in [5.41, 5.74) is 0.347. The van der Waals surface area contributed by atoms with E-state index in [0.29, 0.717) is 26.2 Å². The van der Waals surface area contributed by atoms with Gasteiger partial charge in [-0.1, -0.05) is 0 Å². The average Bonchev–Trinajstić information content (AvgIpc) is 2.52. The zero-order chi connectivity index (χ0) is 15.9. The maximum atomic E-state index is 12.2. The van der Waals surface area contributed by atoms with Gasteiger partial charge in [-0.25, -0.2) is 9.97 Å². The summed E-state index contributed by atoms with van der Waals surface area (Å²) >= 11 is 0. The number of ketones is 2. The minimum absolute atomic E-state index is 0.0169. The second-order valence-corrected chi connectivity index (χ2v) is 4.80. The normalized spacial score (nSPS) is 16.4. The number of aromatic nitrogens is 2. The van der Waals surface area contributed by atoms with Gasteiger partial charge in [0.05, 0.1) is 31.9 Å². The van der Waals surface area contributed by atoms with Crippen LogP contribution < -0.4 is 0 Å². The third kappa shape index (κ3) is 3.79. The molecule has 1 heterocycles. The highest BCUT2D eigenvalue weighted by Crippen LogP contribution is 2.15. The molecule has 8 heteroatoms. The summed E-state index contributed by atoms with van der Waals surface area (Å²) < 4.78 is 0. The average molecular weight is 306 g/mol. The van der Waals surface area contributed by atoms with Crippen LogP contribution in [0.2, 0.25) is 0 Å². The maximum Gasteiger partial charge on any atom is 0.227 e. The lowest BCUT2D eigenvalue weighted by atomic mass is 9.96. The molecule has 8 nitrogen and oxygen atoms in total. The minimum Gasteiger partial charge on any atom is -0.395 e. The summed E-state index contributed by atoms with van der Waals surface area (Å²) in [5, 5.41) is 17.8. The van der Waals surface area contributed by atoms with Crippen LogP contribution in [0.4, 0.5) is 0 Å². The first-order valence-electron chi connectivity index (χ1n) is 7.03. The Morgan fingerprint density at radius 1 is 1.05 bits per heavy atom. The molecule has 2 N–H and O–H groups in total. The summed E-state index contributed by atoms with van der Waals surface area (Å²) in [7, 11) is 0. The van der Waals surface area contributed by atoms with E-state index in [1.54, 1.807) is 0 Å². The first-order chi connectivity index (χ1) is 10.7. The van der Waals surface area contributed by atoms with Gasteiger partial charge in [-0.3, -0.25) is 19.5 Å². The van der Waals surface area contributed by atoms with Crippen LogP contribution >= 0.6 is 0 Å². The van der Waals surface area contributed by atoms with Crippen LogP contribution in [-0.2, 0) is 0 Å². The predicted molar refractivity (Wildman–Crippen MR) is 78.2 cm³/mol. The molecule has 0 fully saturated rings. The molecule has 0 amide bonds. The van der Waals surface area contributed by atoms with Crippen molar-refractivity contribution in [2.24, 2.45) is 4.99 Å². The third-order valence-corrected chi connectivity index (χ3v) is 3.32. The summed E-state index contributed by atoms with van der Waals surface area (Å²) in [5.74, 6) is -0.623. The van der Waals surface area contributed by atoms with Crippen molar-refractivity contribution >= 4 is 17.3 Å². The molecule has 1 aliphatic carbocycles. The van der Waals surface area contributed by atoms with Gasteiger partial charge in [0.15, 0.2) is 5.78 Å². The van der Waals surface area contributed by atoms with Gasteiger partial charge in [-0.05, 0) is 0 Å². The van der Waals surface area contributed by atoms with Crippen molar-refractivity contribution in [2.45, 2.75) is 6.42 Å². The van der Waals surface area contributed by atoms with Crippen molar-refractivity contribution in [1.29, 1.82) is 0 Å². The number of aliphatic hydroxyl groups excluding tert-OH is 2. The molecule has 1 aromatic rings. The van der Waals surface area contributed by atoms with E-state index in [1.807, 2.05) is 4.90 Å². The first-order valence-corrected chi connectivity index (χ1v) is 7.03. The Bertz CT molecular complexity index is 582. The number of aliphatic hydroxyl groups is 2. The zero-order valence-corrected chi connectivity index (χ0v) is 12.1. The quantitative estimate of drug-likeness (QED) is 0.662. The third-order valence-electron chi connectivity index (χ3n) is 3.32. The fourth-order valence-corrected chi connectivity index (χ4v) is 2.23. The monoisotopic (exact) mass is 306 g/mol. The standard InChI is InChI=1S/C14H18N4O4/c19-7-5-18(6-8-20)4-3-15-10-9-11(21)12-13(14(10)22)17-2-1-16-12/h1-2,19-20H,3-9H2. The van der Waals surface area contributed by atoms with E-state index >= 15 is 0 Å². The van der Waals surface area contributed by atoms with Crippen molar-refractivity contribution in [3.05, 3.63) is 23.8 Å². The zero-order valence-electron chi connectivity index (χ0n) is 12.1. The molecule has 0 atom stereocenters. The van der Waals surface area contributed by atoms with E-state index < -0.39 is 0 Å². The van der Waals surface area contributed by atoms with E-state index in [9.17, 15) is 9.59 Å². The van der Waals surface area contributed by atoms with Crippen molar-refractivity contribution < 1.29 is 19.8 Å². The van der Waals surface area contributed by atoms with Gasteiger partial charge in [-0.15, -0.1) is 0 Å². The van der Waals surface area contributed by atoms with Crippen LogP contribution in [0.15, 0.2) is 17.4 Å². The van der Waals surface area contributed by atoms with Crippen LogP contribution in [0, 0.1) is 0 Å². The van der Waals surface area contributed by atoms with Crippen LogP contribution in [0.25, 0.3) is 0 Å². The van der Waals surface area contributed by atoms with Gasteiger partial charge in [-0.2, -0.15) is 0 Å². The van der Waals surface area contributed by atoms with Gasteiger partial charge in [0.25, 0.3) is 0 Å². The molecule has 0 aromatic carbocycles. The Kier molecular flexibility index (Phi) is 5.82. The minimum atomic E-state index is -0.362. The highest BCUT2D eigenvalue weighted by atomic mass is 16.3. The summed E-state index contributed by atoms with van der Waals surface area (Å²) in [6, 6.07) is 0. The van der Waals surface area contributed by atoms with Crippen molar-refractivity contribution in [3.8, 4) is 0 Å². The topological polar surface area (TPSA) is 116 Å². The van der Waals surface area contributed by atoms with Gasteiger partial charge in [0.2, 0.25) is 5.78 Å². The molecule has 1 aliphatic rings. The number of hydrogen-bond acceptors (Lipinski definition) is 8. The van der Waals surface area contributed by atoms with Crippen LogP contribution in [-0.4, -0.2) is 81.8 Å². The summed E-state index contributed by atoms with van der Waals surface area (Å²) in [6.45, 7) is 1.61. The van der Waals surface area contributed by atoms with Crippen LogP contribution in [0.5, 0.6) is 0 Å². The molecule has 2 rings (SSSR count). The van der Waals surface area contributed by atoms with E-state index in [-0.39, 0.29) is 48.3 Å². The SMILES string of the molecule is O=C1CC(=NCCN(CCO)CCO)C(=O)c2nccnc21. The van der Waals surface area contributed by atoms with Crippen LogP contribution in [0.1, 0.15) is 27.4 Å². The molecular formula is C14H18N4O4. The highest BCUT2D eigenvalue weighted by molar-refractivity contribution is 6.52. The number of Topliss-reactive ketones (excluding diaryl/α,β-unsaturated/α-hetero) is 2. The molecule has 0 spiro atoms. The molecule has 118 valence electrons. The molecule has 0 saturated carbocycles. The van der Waals surface area contributed by atoms with Crippen LogP contribution in [0.3, 0.4) is 0 Å². The van der Waals surface area contributed by atoms with Crippen molar-refractivity contribution in [3.63, 3.8) is 0 Å².